The molecule has 1 aliphatic heterocycles. The van der Waals surface area contributed by atoms with Crippen LogP contribution in [0.3, 0.4) is 0 Å². The maximum Gasteiger partial charge on any atom is 0.265 e. The van der Waals surface area contributed by atoms with Gasteiger partial charge in [-0.05, 0) is 68.4 Å². The van der Waals surface area contributed by atoms with Crippen LogP contribution in [0.25, 0.3) is 0 Å². The summed E-state index contributed by atoms with van der Waals surface area (Å²) in [5.41, 5.74) is 2.65. The van der Waals surface area contributed by atoms with Gasteiger partial charge in [0, 0.05) is 29.2 Å². The first-order valence-electron chi connectivity index (χ1n) is 9.03. The summed E-state index contributed by atoms with van der Waals surface area (Å²) in [6, 6.07) is 9.31. The van der Waals surface area contributed by atoms with Gasteiger partial charge in [0.25, 0.3) is 11.8 Å². The van der Waals surface area contributed by atoms with Gasteiger partial charge < -0.3 is 10.2 Å². The first-order chi connectivity index (χ1) is 12.2. The van der Waals surface area contributed by atoms with Crippen molar-refractivity contribution in [2.45, 2.75) is 38.5 Å². The van der Waals surface area contributed by atoms with E-state index in [1.54, 1.807) is 17.4 Å². The lowest BCUT2D eigenvalue weighted by atomic mass is 10.1. The summed E-state index contributed by atoms with van der Waals surface area (Å²) in [4.78, 5) is 29.1. The molecule has 1 N–H and O–H groups in total. The predicted molar refractivity (Wildman–Crippen MR) is 100 cm³/mol. The largest absolute Gasteiger partial charge is 0.339 e. The van der Waals surface area contributed by atoms with Gasteiger partial charge in [-0.3, -0.25) is 9.59 Å². The topological polar surface area (TPSA) is 49.4 Å². The van der Waals surface area contributed by atoms with Crippen molar-refractivity contribution < 1.29 is 9.59 Å². The Morgan fingerprint density at radius 1 is 1.00 bits per heavy atom. The molecule has 25 heavy (non-hydrogen) atoms. The van der Waals surface area contributed by atoms with E-state index in [0.29, 0.717) is 11.3 Å². The lowest BCUT2D eigenvalue weighted by Crippen LogP contribution is -2.35. The van der Waals surface area contributed by atoms with Crippen molar-refractivity contribution in [2.24, 2.45) is 0 Å². The Morgan fingerprint density at radius 3 is 2.64 bits per heavy atom. The third-order valence-electron chi connectivity index (χ3n) is 4.98. The summed E-state index contributed by atoms with van der Waals surface area (Å²) in [7, 11) is 0. The van der Waals surface area contributed by atoms with E-state index in [1.807, 2.05) is 29.2 Å². The van der Waals surface area contributed by atoms with E-state index in [-0.39, 0.29) is 11.8 Å². The van der Waals surface area contributed by atoms with Crippen molar-refractivity contribution in [3.05, 3.63) is 51.2 Å². The highest BCUT2D eigenvalue weighted by molar-refractivity contribution is 7.14. The van der Waals surface area contributed by atoms with Crippen LogP contribution in [0.4, 0.5) is 5.69 Å². The van der Waals surface area contributed by atoms with Crippen LogP contribution < -0.4 is 5.32 Å². The minimum Gasteiger partial charge on any atom is -0.339 e. The maximum atomic E-state index is 12.6. The molecule has 0 spiro atoms. The quantitative estimate of drug-likeness (QED) is 0.901. The minimum absolute atomic E-state index is 0.0610. The number of fused-ring (bicyclic) bond motifs is 1. The second-order valence-corrected chi connectivity index (χ2v) is 7.94. The van der Waals surface area contributed by atoms with Crippen LogP contribution in [0.15, 0.2) is 30.3 Å². The number of benzene rings is 1. The molecule has 4 rings (SSSR count). The molecule has 0 saturated carbocycles. The van der Waals surface area contributed by atoms with Crippen LogP contribution in [-0.4, -0.2) is 29.8 Å². The van der Waals surface area contributed by atoms with Gasteiger partial charge in [-0.1, -0.05) is 6.07 Å². The summed E-state index contributed by atoms with van der Waals surface area (Å²) in [5, 5.41) is 2.95. The molecule has 5 heteroatoms. The van der Waals surface area contributed by atoms with Gasteiger partial charge in [0.1, 0.15) is 0 Å². The fourth-order valence-electron chi connectivity index (χ4n) is 3.64. The second kappa shape index (κ2) is 7.00. The molecule has 1 saturated heterocycles. The van der Waals surface area contributed by atoms with Crippen LogP contribution in [0.1, 0.15) is 56.2 Å². The highest BCUT2D eigenvalue weighted by Crippen LogP contribution is 2.31. The monoisotopic (exact) mass is 354 g/mol. The molecule has 0 radical (unpaired) electrons. The minimum atomic E-state index is -0.0815. The number of amides is 2. The third-order valence-corrected chi connectivity index (χ3v) is 6.22. The fraction of sp³-hybridized carbons (Fsp3) is 0.400. The molecular formula is C20H22N2O2S. The van der Waals surface area contributed by atoms with Gasteiger partial charge in [0.2, 0.25) is 0 Å². The lowest BCUT2D eigenvalue weighted by molar-refractivity contribution is 0.0724. The Bertz CT molecular complexity index is 784. The van der Waals surface area contributed by atoms with Gasteiger partial charge in [-0.25, -0.2) is 0 Å². The molecule has 1 aromatic heterocycles. The molecule has 1 fully saturated rings. The van der Waals surface area contributed by atoms with Crippen LogP contribution >= 0.6 is 11.3 Å². The Labute approximate surface area is 151 Å². The van der Waals surface area contributed by atoms with Crippen molar-refractivity contribution in [1.82, 2.24) is 4.90 Å². The van der Waals surface area contributed by atoms with E-state index >= 15 is 0 Å². The van der Waals surface area contributed by atoms with Crippen molar-refractivity contribution in [1.29, 1.82) is 0 Å². The summed E-state index contributed by atoms with van der Waals surface area (Å²) in [5.74, 6) is -0.0205. The second-order valence-electron chi connectivity index (χ2n) is 6.80. The number of hydrogen-bond donors (Lipinski definition) is 1. The molecule has 1 aromatic carbocycles. The van der Waals surface area contributed by atoms with Gasteiger partial charge in [-0.2, -0.15) is 0 Å². The highest BCUT2D eigenvalue weighted by Gasteiger charge is 2.20. The van der Waals surface area contributed by atoms with Gasteiger partial charge in [-0.15, -0.1) is 11.3 Å². The molecular weight excluding hydrogens is 332 g/mol. The standard InChI is InChI=1S/C20H22N2O2S/c23-19(18-13-14-6-5-9-17(14)25-18)21-16-8-4-7-15(12-16)20(24)22-10-2-1-3-11-22/h4,7-8,12-13H,1-3,5-6,9-11H2,(H,21,23). The normalized spacial score (nSPS) is 16.6. The molecule has 0 bridgehead atoms. The van der Waals surface area contributed by atoms with Crippen LogP contribution in [0.5, 0.6) is 0 Å². The van der Waals surface area contributed by atoms with Gasteiger partial charge in [0.05, 0.1) is 4.88 Å². The number of thiophene rings is 1. The van der Waals surface area contributed by atoms with Crippen LogP contribution in [0, 0.1) is 0 Å². The molecule has 0 atom stereocenters. The number of anilines is 1. The summed E-state index contributed by atoms with van der Waals surface area (Å²) in [6.45, 7) is 1.66. The Kier molecular flexibility index (Phi) is 4.57. The van der Waals surface area contributed by atoms with Crippen molar-refractivity contribution >= 4 is 28.8 Å². The Balaban J connectivity index is 1.47. The smallest absolute Gasteiger partial charge is 0.265 e. The molecule has 2 aromatic rings. The maximum absolute atomic E-state index is 12.6. The van der Waals surface area contributed by atoms with Gasteiger partial charge in [0.15, 0.2) is 0 Å². The number of nitrogens with zero attached hydrogens (tertiary/aromatic N) is 1. The predicted octanol–water partition coefficient (Wildman–Crippen LogP) is 4.12. The molecule has 1 aliphatic carbocycles. The third kappa shape index (κ3) is 3.47. The van der Waals surface area contributed by atoms with E-state index in [0.717, 1.165) is 43.6 Å². The van der Waals surface area contributed by atoms with Crippen LogP contribution in [-0.2, 0) is 12.8 Å². The molecule has 2 aliphatic rings. The van der Waals surface area contributed by atoms with E-state index in [4.69, 9.17) is 0 Å². The molecule has 0 unspecified atom stereocenters. The average molecular weight is 354 g/mol. The lowest BCUT2D eigenvalue weighted by Gasteiger charge is -2.26. The summed E-state index contributed by atoms with van der Waals surface area (Å²) < 4.78 is 0. The van der Waals surface area contributed by atoms with E-state index in [2.05, 4.69) is 5.32 Å². The SMILES string of the molecule is O=C(Nc1cccc(C(=O)N2CCCCC2)c1)c1cc2c(s1)CCC2. The average Bonchev–Trinajstić information content (AvgIpc) is 3.24. The number of carbonyl (C=O) groups excluding carboxylic acids is 2. The Morgan fingerprint density at radius 2 is 1.84 bits per heavy atom. The number of hydrogen-bond acceptors (Lipinski definition) is 3. The highest BCUT2D eigenvalue weighted by atomic mass is 32.1. The number of aryl methyl sites for hydroxylation is 2. The molecule has 130 valence electrons. The number of carbonyl (C=O) groups is 2. The first kappa shape index (κ1) is 16.3. The van der Waals surface area contributed by atoms with E-state index in [1.165, 1.54) is 23.3 Å². The number of nitrogens with one attached hydrogen (secondary N) is 1. The number of likely N-dealkylation sites (tertiary alicyclic amines) is 1. The molecule has 2 amide bonds. The first-order valence-corrected chi connectivity index (χ1v) is 9.84. The van der Waals surface area contributed by atoms with Crippen molar-refractivity contribution in [2.75, 3.05) is 18.4 Å². The van der Waals surface area contributed by atoms with E-state index in [9.17, 15) is 9.59 Å². The zero-order chi connectivity index (χ0) is 17.2. The van der Waals surface area contributed by atoms with E-state index < -0.39 is 0 Å². The van der Waals surface area contributed by atoms with Gasteiger partial charge >= 0.3 is 0 Å². The zero-order valence-corrected chi connectivity index (χ0v) is 15.0. The van der Waals surface area contributed by atoms with Crippen molar-refractivity contribution in [3.8, 4) is 0 Å². The number of rotatable bonds is 3. The number of piperidine rings is 1. The molecule has 2 heterocycles. The fourth-order valence-corrected chi connectivity index (χ4v) is 4.79. The van der Waals surface area contributed by atoms with Crippen LogP contribution in [0.2, 0.25) is 0 Å². The zero-order valence-electron chi connectivity index (χ0n) is 14.2. The summed E-state index contributed by atoms with van der Waals surface area (Å²) in [6.07, 6.45) is 6.72. The Hall–Kier alpha value is -2.14. The van der Waals surface area contributed by atoms with Crippen molar-refractivity contribution in [3.63, 3.8) is 0 Å². The summed E-state index contributed by atoms with van der Waals surface area (Å²) >= 11 is 1.60. The molecule has 4 nitrogen and oxygen atoms in total.